The van der Waals surface area contributed by atoms with Gasteiger partial charge in [0.15, 0.2) is 0 Å². The molecule has 4 rings (SSSR count). The van der Waals surface area contributed by atoms with E-state index in [2.05, 4.69) is 4.98 Å². The number of aromatic nitrogens is 1. The first-order valence-corrected chi connectivity index (χ1v) is 10.6. The van der Waals surface area contributed by atoms with Crippen molar-refractivity contribution in [3.8, 4) is 17.0 Å². The topological polar surface area (TPSA) is 62.7 Å². The second kappa shape index (κ2) is 9.14. The molecule has 0 unspecified atom stereocenters. The van der Waals surface area contributed by atoms with Crippen LogP contribution in [0.15, 0.2) is 71.8 Å². The second-order valence-corrected chi connectivity index (χ2v) is 8.29. The number of anilines is 1. The lowest BCUT2D eigenvalue weighted by Crippen LogP contribution is -2.32. The fraction of sp³-hybridized carbons (Fsp3) is 0.174. The first-order valence-electron chi connectivity index (χ1n) is 9.81. The van der Waals surface area contributed by atoms with Crippen LogP contribution in [0.5, 0.6) is 5.75 Å². The highest BCUT2D eigenvalue weighted by Crippen LogP contribution is 2.37. The van der Waals surface area contributed by atoms with E-state index in [1.54, 1.807) is 31.5 Å². The number of hydrogen-bond donors (Lipinski definition) is 0. The van der Waals surface area contributed by atoms with Gasteiger partial charge in [0, 0.05) is 16.7 Å². The molecule has 170 valence electrons. The number of carbonyl (C=O) groups excluding carboxylic acids is 2. The molecule has 2 heterocycles. The number of nitrogens with zero attached hydrogens (tertiary/aromatic N) is 3. The molecular weight excluding hydrogens is 455 g/mol. The number of imide groups is 1. The van der Waals surface area contributed by atoms with Crippen LogP contribution in [-0.4, -0.2) is 41.0 Å². The zero-order valence-electron chi connectivity index (χ0n) is 17.4. The number of ether oxygens (including phenoxy) is 1. The molecule has 1 aromatic heterocycles. The van der Waals surface area contributed by atoms with Crippen molar-refractivity contribution in [1.29, 1.82) is 0 Å². The van der Waals surface area contributed by atoms with E-state index in [9.17, 15) is 22.8 Å². The first-order chi connectivity index (χ1) is 15.7. The lowest BCUT2D eigenvalue weighted by Gasteiger charge is -2.19. The van der Waals surface area contributed by atoms with Crippen LogP contribution in [0.2, 0.25) is 0 Å². The first kappa shape index (κ1) is 22.7. The summed E-state index contributed by atoms with van der Waals surface area (Å²) < 4.78 is 42.8. The molecule has 1 aliphatic heterocycles. The van der Waals surface area contributed by atoms with Gasteiger partial charge in [0.2, 0.25) is 0 Å². The summed E-state index contributed by atoms with van der Waals surface area (Å²) in [5, 5.41) is 0. The third-order valence-electron chi connectivity index (χ3n) is 4.98. The van der Waals surface area contributed by atoms with Gasteiger partial charge in [0.05, 0.1) is 25.0 Å². The molecule has 0 saturated carbocycles. The maximum absolute atomic E-state index is 13.0. The van der Waals surface area contributed by atoms with E-state index in [4.69, 9.17) is 4.74 Å². The third kappa shape index (κ3) is 5.11. The molecule has 2 aromatic carbocycles. The Balaban J connectivity index is 1.53. The fourth-order valence-electron chi connectivity index (χ4n) is 3.51. The largest absolute Gasteiger partial charge is 0.497 e. The van der Waals surface area contributed by atoms with Gasteiger partial charge in [-0.05, 0) is 71.9 Å². The van der Waals surface area contributed by atoms with Crippen molar-refractivity contribution in [2.45, 2.75) is 16.9 Å². The number of carbonyl (C=O) groups is 2. The summed E-state index contributed by atoms with van der Waals surface area (Å²) >= 11 is -0.256. The van der Waals surface area contributed by atoms with Crippen LogP contribution in [0.3, 0.4) is 0 Å². The highest BCUT2D eigenvalue weighted by Gasteiger charge is 2.37. The van der Waals surface area contributed by atoms with Gasteiger partial charge in [-0.3, -0.25) is 9.78 Å². The second-order valence-electron chi connectivity index (χ2n) is 7.15. The molecule has 0 atom stereocenters. The van der Waals surface area contributed by atoms with E-state index < -0.39 is 17.4 Å². The average molecular weight is 473 g/mol. The predicted octanol–water partition coefficient (Wildman–Crippen LogP) is 5.34. The number of benzene rings is 2. The van der Waals surface area contributed by atoms with E-state index in [1.165, 1.54) is 29.2 Å². The Morgan fingerprint density at radius 2 is 1.73 bits per heavy atom. The van der Waals surface area contributed by atoms with Crippen molar-refractivity contribution in [2.24, 2.45) is 0 Å². The van der Waals surface area contributed by atoms with Crippen LogP contribution in [0.1, 0.15) is 5.56 Å². The van der Waals surface area contributed by atoms with Gasteiger partial charge in [-0.25, -0.2) is 9.69 Å². The van der Waals surface area contributed by atoms with Crippen molar-refractivity contribution >= 4 is 29.4 Å². The molecule has 1 saturated heterocycles. The zero-order valence-corrected chi connectivity index (χ0v) is 18.2. The lowest BCUT2D eigenvalue weighted by atomic mass is 10.1. The Labute approximate surface area is 192 Å². The van der Waals surface area contributed by atoms with Crippen LogP contribution >= 0.6 is 11.8 Å². The molecule has 0 spiro atoms. The summed E-state index contributed by atoms with van der Waals surface area (Å²) in [6.07, 6.45) is 1.65. The highest BCUT2D eigenvalue weighted by molar-refractivity contribution is 8.00. The molecule has 0 aliphatic carbocycles. The molecule has 0 N–H and O–H groups in total. The van der Waals surface area contributed by atoms with Gasteiger partial charge in [-0.15, -0.1) is 0 Å². The van der Waals surface area contributed by atoms with E-state index in [1.807, 2.05) is 18.2 Å². The Hall–Kier alpha value is -3.53. The van der Waals surface area contributed by atoms with Crippen molar-refractivity contribution < 1.29 is 27.5 Å². The van der Waals surface area contributed by atoms with Gasteiger partial charge < -0.3 is 9.64 Å². The van der Waals surface area contributed by atoms with Crippen molar-refractivity contribution in [3.63, 3.8) is 0 Å². The fourth-order valence-corrected chi connectivity index (χ4v) is 4.04. The highest BCUT2D eigenvalue weighted by atomic mass is 32.2. The Morgan fingerprint density at radius 3 is 2.36 bits per heavy atom. The van der Waals surface area contributed by atoms with E-state index in [0.29, 0.717) is 11.4 Å². The van der Waals surface area contributed by atoms with Gasteiger partial charge in [-0.1, -0.05) is 6.07 Å². The maximum Gasteiger partial charge on any atom is 0.446 e. The predicted molar refractivity (Wildman–Crippen MR) is 118 cm³/mol. The summed E-state index contributed by atoms with van der Waals surface area (Å²) in [6.45, 7) is 0.00706. The number of pyridine rings is 1. The molecular formula is C23H18F3N3O3S. The molecule has 0 radical (unpaired) electrons. The summed E-state index contributed by atoms with van der Waals surface area (Å²) in [7, 11) is 1.58. The quantitative estimate of drug-likeness (QED) is 0.357. The lowest BCUT2D eigenvalue weighted by molar-refractivity contribution is -0.116. The molecule has 10 heteroatoms. The van der Waals surface area contributed by atoms with Crippen LogP contribution < -0.4 is 9.64 Å². The number of thioether (sulfide) groups is 1. The number of amides is 3. The Morgan fingerprint density at radius 1 is 1.03 bits per heavy atom. The summed E-state index contributed by atoms with van der Waals surface area (Å²) in [5.41, 5.74) is -1.93. The van der Waals surface area contributed by atoms with Gasteiger partial charge in [0.25, 0.3) is 5.91 Å². The van der Waals surface area contributed by atoms with Crippen LogP contribution in [-0.2, 0) is 11.3 Å². The number of hydrogen-bond acceptors (Lipinski definition) is 5. The molecule has 6 nitrogen and oxygen atoms in total. The molecule has 3 amide bonds. The normalized spacial score (nSPS) is 14.2. The smallest absolute Gasteiger partial charge is 0.446 e. The number of methoxy groups -OCH3 is 1. The summed E-state index contributed by atoms with van der Waals surface area (Å²) in [6, 6.07) is 15.5. The molecule has 33 heavy (non-hydrogen) atoms. The average Bonchev–Trinajstić information content (AvgIpc) is 3.06. The van der Waals surface area contributed by atoms with E-state index >= 15 is 0 Å². The third-order valence-corrected chi connectivity index (χ3v) is 5.72. The SMILES string of the molecule is COc1ccc(-c2ncccc2CN2CC(=O)N(c3ccc(SC(F)(F)F)cc3)C2=O)cc1. The summed E-state index contributed by atoms with van der Waals surface area (Å²) in [4.78, 5) is 32.3. The van der Waals surface area contributed by atoms with Crippen molar-refractivity contribution in [3.05, 3.63) is 72.4 Å². The van der Waals surface area contributed by atoms with Crippen LogP contribution in [0.4, 0.5) is 23.7 Å². The van der Waals surface area contributed by atoms with Gasteiger partial charge in [0.1, 0.15) is 12.3 Å². The Kier molecular flexibility index (Phi) is 6.28. The zero-order chi connectivity index (χ0) is 23.6. The van der Waals surface area contributed by atoms with E-state index in [0.717, 1.165) is 16.0 Å². The minimum atomic E-state index is -4.41. The van der Waals surface area contributed by atoms with Crippen LogP contribution in [0, 0.1) is 0 Å². The molecule has 1 fully saturated rings. The standard InChI is InChI=1S/C23H18F3N3O3S/c1-32-18-8-4-15(5-9-18)21-16(3-2-12-27-21)13-28-14-20(30)29(22(28)31)17-6-10-19(11-7-17)33-23(24,25)26/h2-12H,13-14H2,1H3. The minimum Gasteiger partial charge on any atom is -0.497 e. The number of alkyl halides is 3. The summed E-state index contributed by atoms with van der Waals surface area (Å²) in [5.74, 6) is 0.248. The molecule has 1 aliphatic rings. The van der Waals surface area contributed by atoms with Crippen molar-refractivity contribution in [2.75, 3.05) is 18.6 Å². The maximum atomic E-state index is 13.0. The molecule has 0 bridgehead atoms. The van der Waals surface area contributed by atoms with Crippen LogP contribution in [0.25, 0.3) is 11.3 Å². The monoisotopic (exact) mass is 473 g/mol. The number of urea groups is 1. The Bertz CT molecular complexity index is 1170. The van der Waals surface area contributed by atoms with Gasteiger partial charge >= 0.3 is 11.5 Å². The molecule has 3 aromatic rings. The van der Waals surface area contributed by atoms with Crippen molar-refractivity contribution in [1.82, 2.24) is 9.88 Å². The number of halogens is 3. The van der Waals surface area contributed by atoms with Gasteiger partial charge in [-0.2, -0.15) is 13.2 Å². The minimum absolute atomic E-state index is 0.0262. The van der Waals surface area contributed by atoms with E-state index in [-0.39, 0.29) is 35.4 Å². The number of rotatable bonds is 6.